The molecule has 0 amide bonds. The van der Waals surface area contributed by atoms with Gasteiger partial charge in [0.05, 0.1) is 16.0 Å². The van der Waals surface area contributed by atoms with E-state index in [1.807, 2.05) is 5.01 Å². The molecular weight excluding hydrogens is 412 g/mol. The van der Waals surface area contributed by atoms with Gasteiger partial charge in [-0.15, -0.1) is 5.10 Å². The second kappa shape index (κ2) is 7.85. The van der Waals surface area contributed by atoms with Crippen LogP contribution >= 0.6 is 23.6 Å². The van der Waals surface area contributed by atoms with E-state index in [4.69, 9.17) is 12.2 Å². The van der Waals surface area contributed by atoms with Gasteiger partial charge in [-0.3, -0.25) is 10.1 Å². The lowest BCUT2D eigenvalue weighted by Crippen LogP contribution is -2.49. The number of nitro groups is 1. The molecule has 9 nitrogen and oxygen atoms in total. The first-order valence-corrected chi connectivity index (χ1v) is 10.1. The maximum absolute atomic E-state index is 11.1. The molecule has 1 aromatic heterocycles. The molecule has 0 atom stereocenters. The number of aromatic nitrogens is 1. The predicted molar refractivity (Wildman–Crippen MR) is 116 cm³/mol. The fraction of sp³-hybridized carbons (Fsp3) is 0.278. The molecular formula is C18H18N6O3S2. The Labute approximate surface area is 175 Å². The number of benzene rings is 1. The standard InChI is InChI=1S/C18H18N6O3S2/c1-21-5-7-22(8-6-21)23-17(25)15(29-18(23)28)10-13-11-19-20-16(13)12-3-2-4-14(9-12)24(26)27/h2-4,9-11,25H,5-8H2,1H3/b13-10+. The maximum Gasteiger partial charge on any atom is 0.270 e. The zero-order chi connectivity index (χ0) is 20.5. The maximum atomic E-state index is 11.1. The Bertz CT molecular complexity index is 1110. The fourth-order valence-corrected chi connectivity index (χ4v) is 4.53. The Hall–Kier alpha value is -2.89. The van der Waals surface area contributed by atoms with Crippen molar-refractivity contribution in [2.75, 3.05) is 38.2 Å². The van der Waals surface area contributed by atoms with E-state index in [0.29, 0.717) is 25.7 Å². The Morgan fingerprint density at radius 1 is 1.31 bits per heavy atom. The van der Waals surface area contributed by atoms with Crippen molar-refractivity contribution in [3.05, 3.63) is 54.3 Å². The molecule has 11 heteroatoms. The molecule has 29 heavy (non-hydrogen) atoms. The van der Waals surface area contributed by atoms with Crippen LogP contribution in [0.25, 0.3) is 6.08 Å². The predicted octanol–water partition coefficient (Wildman–Crippen LogP) is 2.65. The summed E-state index contributed by atoms with van der Waals surface area (Å²) in [6.45, 7) is 3.33. The average molecular weight is 431 g/mol. The zero-order valence-corrected chi connectivity index (χ0v) is 17.2. The van der Waals surface area contributed by atoms with Crippen LogP contribution in [-0.4, -0.2) is 64.8 Å². The molecule has 2 aliphatic rings. The highest BCUT2D eigenvalue weighted by Gasteiger charge is 2.22. The lowest BCUT2D eigenvalue weighted by molar-refractivity contribution is -0.384. The summed E-state index contributed by atoms with van der Waals surface area (Å²) < 4.78 is 2.23. The number of piperazine rings is 1. The average Bonchev–Trinajstić information content (AvgIpc) is 3.27. The summed E-state index contributed by atoms with van der Waals surface area (Å²) >= 11 is 6.78. The molecule has 3 heterocycles. The van der Waals surface area contributed by atoms with Crippen LogP contribution in [0.15, 0.2) is 40.0 Å². The minimum atomic E-state index is -0.448. The highest BCUT2D eigenvalue weighted by atomic mass is 32.1. The molecule has 1 saturated heterocycles. The largest absolute Gasteiger partial charge is 0.492 e. The van der Waals surface area contributed by atoms with Crippen LogP contribution in [0.3, 0.4) is 0 Å². The SMILES string of the molecule is CN1CCN(n2c(O)c(/C=C3\C=NN=C3c3cccc([N+](=O)[O-])c3)sc2=S)CC1. The van der Waals surface area contributed by atoms with E-state index in [0.717, 1.165) is 26.2 Å². The highest BCUT2D eigenvalue weighted by molar-refractivity contribution is 7.73. The molecule has 4 rings (SSSR count). The first-order chi connectivity index (χ1) is 13.9. The number of hydrogen-bond acceptors (Lipinski definition) is 9. The minimum absolute atomic E-state index is 0.0174. The van der Waals surface area contributed by atoms with Crippen molar-refractivity contribution in [3.63, 3.8) is 0 Å². The summed E-state index contributed by atoms with van der Waals surface area (Å²) in [7, 11) is 2.06. The number of nitrogens with zero attached hydrogens (tertiary/aromatic N) is 6. The van der Waals surface area contributed by atoms with Gasteiger partial charge in [-0.25, -0.2) is 4.68 Å². The van der Waals surface area contributed by atoms with Gasteiger partial charge in [0, 0.05) is 49.4 Å². The van der Waals surface area contributed by atoms with E-state index in [2.05, 4.69) is 22.2 Å². The lowest BCUT2D eigenvalue weighted by atomic mass is 10.0. The number of likely N-dealkylation sites (N-methyl/N-ethyl adjacent to an activating group) is 1. The molecule has 0 aliphatic carbocycles. The monoisotopic (exact) mass is 430 g/mol. The summed E-state index contributed by atoms with van der Waals surface area (Å²) in [4.78, 5) is 13.4. The Balaban J connectivity index is 1.66. The molecule has 2 aromatic rings. The number of rotatable bonds is 4. The number of hydrogen-bond donors (Lipinski definition) is 1. The van der Waals surface area contributed by atoms with Gasteiger partial charge in [-0.1, -0.05) is 23.5 Å². The second-order valence-electron chi connectivity index (χ2n) is 6.72. The van der Waals surface area contributed by atoms with Crippen LogP contribution in [-0.2, 0) is 0 Å². The number of allylic oxidation sites excluding steroid dienone is 1. The molecule has 0 radical (unpaired) electrons. The number of nitro benzene ring substituents is 1. The van der Waals surface area contributed by atoms with Crippen LogP contribution in [0.1, 0.15) is 10.4 Å². The summed E-state index contributed by atoms with van der Waals surface area (Å²) in [5.74, 6) is 0.0794. The molecule has 0 spiro atoms. The van der Waals surface area contributed by atoms with Gasteiger partial charge >= 0.3 is 0 Å². The zero-order valence-electron chi connectivity index (χ0n) is 15.6. The van der Waals surface area contributed by atoms with Crippen molar-refractivity contribution in [2.45, 2.75) is 0 Å². The van der Waals surface area contributed by atoms with Gasteiger partial charge < -0.3 is 15.0 Å². The number of aromatic hydroxyl groups is 1. The molecule has 0 saturated carbocycles. The first kappa shape index (κ1) is 19.4. The van der Waals surface area contributed by atoms with Gasteiger partial charge in [0.15, 0.2) is 3.95 Å². The normalized spacial score (nSPS) is 18.4. The highest BCUT2D eigenvalue weighted by Crippen LogP contribution is 2.30. The van der Waals surface area contributed by atoms with E-state index < -0.39 is 4.92 Å². The van der Waals surface area contributed by atoms with Crippen molar-refractivity contribution < 1.29 is 10.0 Å². The molecule has 0 unspecified atom stereocenters. The van der Waals surface area contributed by atoms with Crippen molar-refractivity contribution in [1.29, 1.82) is 0 Å². The van der Waals surface area contributed by atoms with Gasteiger partial charge in [0.25, 0.3) is 5.69 Å². The quantitative estimate of drug-likeness (QED) is 0.455. The van der Waals surface area contributed by atoms with Crippen molar-refractivity contribution >= 4 is 47.2 Å². The van der Waals surface area contributed by atoms with E-state index >= 15 is 0 Å². The van der Waals surface area contributed by atoms with E-state index in [9.17, 15) is 15.2 Å². The second-order valence-corrected chi connectivity index (χ2v) is 8.40. The van der Waals surface area contributed by atoms with E-state index in [-0.39, 0.29) is 11.6 Å². The minimum Gasteiger partial charge on any atom is -0.492 e. The number of non-ortho nitro benzene ring substituents is 1. The van der Waals surface area contributed by atoms with Crippen molar-refractivity contribution in [1.82, 2.24) is 9.58 Å². The molecule has 2 aliphatic heterocycles. The van der Waals surface area contributed by atoms with Crippen molar-refractivity contribution in [2.24, 2.45) is 10.2 Å². The van der Waals surface area contributed by atoms with Crippen LogP contribution in [0.2, 0.25) is 0 Å². The fourth-order valence-electron chi connectivity index (χ4n) is 3.22. The van der Waals surface area contributed by atoms with Gasteiger partial charge in [0.2, 0.25) is 5.88 Å². The van der Waals surface area contributed by atoms with Crippen LogP contribution in [0, 0.1) is 14.1 Å². The Morgan fingerprint density at radius 2 is 2.07 bits per heavy atom. The molecule has 1 fully saturated rings. The van der Waals surface area contributed by atoms with Crippen LogP contribution in [0.5, 0.6) is 5.88 Å². The summed E-state index contributed by atoms with van der Waals surface area (Å²) in [5, 5.41) is 32.0. The third-order valence-electron chi connectivity index (χ3n) is 4.80. The third-order valence-corrected chi connectivity index (χ3v) is 6.09. The van der Waals surface area contributed by atoms with Crippen LogP contribution < -0.4 is 5.01 Å². The smallest absolute Gasteiger partial charge is 0.270 e. The molecule has 1 aromatic carbocycles. The summed E-state index contributed by atoms with van der Waals surface area (Å²) in [6, 6.07) is 6.23. The first-order valence-electron chi connectivity index (χ1n) is 8.90. The van der Waals surface area contributed by atoms with Gasteiger partial charge in [0.1, 0.15) is 5.71 Å². The lowest BCUT2D eigenvalue weighted by Gasteiger charge is -2.34. The third kappa shape index (κ3) is 3.84. The van der Waals surface area contributed by atoms with Crippen LogP contribution in [0.4, 0.5) is 5.69 Å². The Kier molecular flexibility index (Phi) is 5.26. The van der Waals surface area contributed by atoms with Crippen molar-refractivity contribution in [3.8, 4) is 5.88 Å². The Morgan fingerprint density at radius 3 is 2.79 bits per heavy atom. The molecule has 0 bridgehead atoms. The topological polar surface area (TPSA) is 99.5 Å². The summed E-state index contributed by atoms with van der Waals surface area (Å²) in [5.41, 5.74) is 1.74. The number of thiazole rings is 1. The van der Waals surface area contributed by atoms with Gasteiger partial charge in [-0.05, 0) is 25.3 Å². The molecule has 1 N–H and O–H groups in total. The summed E-state index contributed by atoms with van der Waals surface area (Å²) in [6.07, 6.45) is 3.33. The van der Waals surface area contributed by atoms with E-state index in [1.54, 1.807) is 29.1 Å². The molecule has 150 valence electrons. The van der Waals surface area contributed by atoms with E-state index in [1.165, 1.54) is 23.5 Å². The van der Waals surface area contributed by atoms with Gasteiger partial charge in [-0.2, -0.15) is 5.10 Å².